The number of nitrogens with one attached hydrogen (secondary N) is 2. The van der Waals surface area contributed by atoms with Crippen LogP contribution in [0.4, 0.5) is 0 Å². The molecule has 1 aliphatic heterocycles. The number of piperidine rings is 1. The van der Waals surface area contributed by atoms with Gasteiger partial charge in [0.2, 0.25) is 0 Å². The van der Waals surface area contributed by atoms with Crippen LogP contribution in [0.2, 0.25) is 0 Å². The fourth-order valence-electron chi connectivity index (χ4n) is 2.72. The molecule has 0 aliphatic carbocycles. The predicted molar refractivity (Wildman–Crippen MR) is 83.8 cm³/mol. The molecule has 0 radical (unpaired) electrons. The average molecular weight is 305 g/mol. The van der Waals surface area contributed by atoms with Gasteiger partial charge in [-0.05, 0) is 43.7 Å². The van der Waals surface area contributed by atoms with Crippen LogP contribution in [-0.4, -0.2) is 45.9 Å². The monoisotopic (exact) mass is 305 g/mol. The maximum Gasteiger partial charge on any atom is 0.279 e. The normalized spacial score (nSPS) is 21.1. The Labute approximate surface area is 124 Å². The molecule has 0 unspecified atom stereocenters. The van der Waals surface area contributed by atoms with Crippen molar-refractivity contribution in [1.82, 2.24) is 14.3 Å². The molecular weight excluding hydrogens is 274 g/mol. The van der Waals surface area contributed by atoms with Crippen molar-refractivity contribution in [3.8, 4) is 0 Å². The lowest BCUT2D eigenvalue weighted by Crippen LogP contribution is -2.47. The number of hydrogen-bond acceptors (Lipinski definition) is 3. The fourth-order valence-corrected chi connectivity index (χ4v) is 4.09. The second kappa shape index (κ2) is 7.20. The van der Waals surface area contributed by atoms with Crippen LogP contribution >= 0.6 is 0 Å². The van der Waals surface area contributed by atoms with Crippen LogP contribution in [-0.2, 0) is 10.2 Å². The molecule has 0 saturated carbocycles. The van der Waals surface area contributed by atoms with Crippen molar-refractivity contribution in [1.29, 1.82) is 0 Å². The van der Waals surface area contributed by atoms with Crippen LogP contribution < -0.4 is 10.0 Å². The van der Waals surface area contributed by atoms with Crippen molar-refractivity contribution in [2.45, 2.75) is 40.5 Å². The summed E-state index contributed by atoms with van der Waals surface area (Å²) in [5.74, 6) is 0.902. The second-order valence-corrected chi connectivity index (χ2v) is 8.81. The van der Waals surface area contributed by atoms with Gasteiger partial charge in [-0.1, -0.05) is 27.7 Å². The summed E-state index contributed by atoms with van der Waals surface area (Å²) in [6.45, 7) is 11.3. The molecule has 6 heteroatoms. The fraction of sp³-hybridized carbons (Fsp3) is 1.00. The van der Waals surface area contributed by atoms with Gasteiger partial charge in [0.25, 0.3) is 10.2 Å². The van der Waals surface area contributed by atoms with E-state index in [4.69, 9.17) is 0 Å². The molecule has 2 N–H and O–H groups in total. The third-order valence-electron chi connectivity index (χ3n) is 4.19. The van der Waals surface area contributed by atoms with Crippen molar-refractivity contribution in [3.63, 3.8) is 0 Å². The van der Waals surface area contributed by atoms with Gasteiger partial charge in [0.1, 0.15) is 0 Å². The van der Waals surface area contributed by atoms with E-state index in [2.05, 4.69) is 30.8 Å². The largest absolute Gasteiger partial charge is 0.319 e. The minimum atomic E-state index is -3.31. The Morgan fingerprint density at radius 3 is 2.20 bits per heavy atom. The van der Waals surface area contributed by atoms with Crippen LogP contribution in [0.5, 0.6) is 0 Å². The van der Waals surface area contributed by atoms with E-state index < -0.39 is 10.2 Å². The number of nitrogens with zero attached hydrogens (tertiary/aromatic N) is 1. The minimum Gasteiger partial charge on any atom is -0.319 e. The molecule has 1 atom stereocenters. The maximum absolute atomic E-state index is 12.2. The van der Waals surface area contributed by atoms with Crippen LogP contribution in [0.3, 0.4) is 0 Å². The Morgan fingerprint density at radius 1 is 1.20 bits per heavy atom. The lowest BCUT2D eigenvalue weighted by Gasteiger charge is -2.38. The zero-order valence-corrected chi connectivity index (χ0v) is 14.4. The Morgan fingerprint density at radius 2 is 1.75 bits per heavy atom. The van der Waals surface area contributed by atoms with E-state index in [0.29, 0.717) is 31.5 Å². The molecule has 0 aromatic heterocycles. The van der Waals surface area contributed by atoms with Gasteiger partial charge >= 0.3 is 0 Å². The summed E-state index contributed by atoms with van der Waals surface area (Å²) in [6.07, 6.45) is 1.91. The first-order valence-corrected chi connectivity index (χ1v) is 9.00. The van der Waals surface area contributed by atoms with Gasteiger partial charge in [0.05, 0.1) is 0 Å². The highest BCUT2D eigenvalue weighted by molar-refractivity contribution is 7.87. The van der Waals surface area contributed by atoms with Crippen molar-refractivity contribution in [2.75, 3.05) is 33.2 Å². The molecule has 1 heterocycles. The van der Waals surface area contributed by atoms with E-state index in [0.717, 1.165) is 19.4 Å². The molecule has 5 nitrogen and oxygen atoms in total. The molecule has 1 saturated heterocycles. The minimum absolute atomic E-state index is 0.268. The van der Waals surface area contributed by atoms with Crippen molar-refractivity contribution in [2.24, 2.45) is 17.3 Å². The molecule has 0 amide bonds. The summed E-state index contributed by atoms with van der Waals surface area (Å²) in [6, 6.07) is 0. The summed E-state index contributed by atoms with van der Waals surface area (Å²) in [5, 5.41) is 3.06. The van der Waals surface area contributed by atoms with Gasteiger partial charge in [-0.2, -0.15) is 12.7 Å². The molecule has 0 spiro atoms. The Balaban J connectivity index is 2.47. The lowest BCUT2D eigenvalue weighted by atomic mass is 9.76. The predicted octanol–water partition coefficient (Wildman–Crippen LogP) is 1.43. The van der Waals surface area contributed by atoms with Crippen LogP contribution in [0.25, 0.3) is 0 Å². The van der Waals surface area contributed by atoms with E-state index in [1.807, 2.05) is 14.0 Å². The second-order valence-electron chi connectivity index (χ2n) is 7.06. The highest BCUT2D eigenvalue weighted by atomic mass is 32.2. The highest BCUT2D eigenvalue weighted by Crippen LogP contribution is 2.34. The SMILES string of the molecule is CNC[C@@H](C)CNS(=O)(=O)N1CCC(C(C)(C)C)CC1. The topological polar surface area (TPSA) is 61.4 Å². The van der Waals surface area contributed by atoms with E-state index >= 15 is 0 Å². The van der Waals surface area contributed by atoms with Gasteiger partial charge < -0.3 is 5.32 Å². The van der Waals surface area contributed by atoms with E-state index in [1.165, 1.54) is 0 Å². The van der Waals surface area contributed by atoms with Crippen molar-refractivity contribution < 1.29 is 8.42 Å². The Kier molecular flexibility index (Phi) is 6.44. The molecule has 20 heavy (non-hydrogen) atoms. The molecular formula is C14H31N3O2S. The summed E-state index contributed by atoms with van der Waals surface area (Å²) in [5.41, 5.74) is 0.268. The van der Waals surface area contributed by atoms with Crippen molar-refractivity contribution >= 4 is 10.2 Å². The van der Waals surface area contributed by atoms with Gasteiger partial charge in [-0.25, -0.2) is 4.72 Å². The maximum atomic E-state index is 12.2. The zero-order valence-electron chi connectivity index (χ0n) is 13.6. The summed E-state index contributed by atoms with van der Waals surface area (Å²) >= 11 is 0. The molecule has 0 bridgehead atoms. The molecule has 0 aromatic rings. The molecule has 120 valence electrons. The third-order valence-corrected chi connectivity index (χ3v) is 5.76. The first kappa shape index (κ1) is 17.9. The lowest BCUT2D eigenvalue weighted by molar-refractivity contribution is 0.153. The van der Waals surface area contributed by atoms with E-state index in [9.17, 15) is 8.42 Å². The van der Waals surface area contributed by atoms with Crippen molar-refractivity contribution in [3.05, 3.63) is 0 Å². The van der Waals surface area contributed by atoms with Gasteiger partial charge in [-0.3, -0.25) is 0 Å². The first-order chi connectivity index (χ1) is 9.16. The van der Waals surface area contributed by atoms with Crippen LogP contribution in [0, 0.1) is 17.3 Å². The number of hydrogen-bond donors (Lipinski definition) is 2. The first-order valence-electron chi connectivity index (χ1n) is 7.56. The zero-order chi connectivity index (χ0) is 15.4. The summed E-state index contributed by atoms with van der Waals surface area (Å²) in [7, 11) is -1.43. The van der Waals surface area contributed by atoms with Crippen LogP contribution in [0.15, 0.2) is 0 Å². The average Bonchev–Trinajstić information content (AvgIpc) is 2.36. The quantitative estimate of drug-likeness (QED) is 0.780. The highest BCUT2D eigenvalue weighted by Gasteiger charge is 2.33. The molecule has 1 fully saturated rings. The smallest absolute Gasteiger partial charge is 0.279 e. The van der Waals surface area contributed by atoms with E-state index in [-0.39, 0.29) is 5.41 Å². The standard InChI is InChI=1S/C14H31N3O2S/c1-12(10-15-5)11-16-20(18,19)17-8-6-13(7-9-17)14(2,3)4/h12-13,15-16H,6-11H2,1-5H3/t12-/m1/s1. The molecule has 1 rings (SSSR count). The molecule has 0 aromatic carbocycles. The van der Waals surface area contributed by atoms with Gasteiger partial charge in [0, 0.05) is 19.6 Å². The third kappa shape index (κ3) is 5.31. The van der Waals surface area contributed by atoms with Crippen LogP contribution in [0.1, 0.15) is 40.5 Å². The summed E-state index contributed by atoms with van der Waals surface area (Å²) in [4.78, 5) is 0. The Bertz CT molecular complexity index is 382. The summed E-state index contributed by atoms with van der Waals surface area (Å²) < 4.78 is 28.8. The number of rotatable bonds is 6. The van der Waals surface area contributed by atoms with Gasteiger partial charge in [-0.15, -0.1) is 0 Å². The van der Waals surface area contributed by atoms with E-state index in [1.54, 1.807) is 4.31 Å². The molecule has 1 aliphatic rings. The Hall–Kier alpha value is -0.170. The van der Waals surface area contributed by atoms with Gasteiger partial charge in [0.15, 0.2) is 0 Å².